The zero-order valence-electron chi connectivity index (χ0n) is 18.2. The molecule has 2 aliphatic rings. The van der Waals surface area contributed by atoms with Gasteiger partial charge in [-0.2, -0.15) is 0 Å². The van der Waals surface area contributed by atoms with Crippen LogP contribution in [0.5, 0.6) is 0 Å². The van der Waals surface area contributed by atoms with Crippen LogP contribution < -0.4 is 5.32 Å². The molecule has 6 nitrogen and oxygen atoms in total. The van der Waals surface area contributed by atoms with Gasteiger partial charge < -0.3 is 15.0 Å². The fraction of sp³-hybridized carbons (Fsp3) is 0.609. The van der Waals surface area contributed by atoms with Crippen LogP contribution in [0, 0.1) is 23.5 Å². The van der Waals surface area contributed by atoms with Crippen LogP contribution in [0.25, 0.3) is 0 Å². The Hall–Kier alpha value is -2.35. The lowest BCUT2D eigenvalue weighted by molar-refractivity contribution is -0.139. The highest BCUT2D eigenvalue weighted by Gasteiger charge is 2.52. The van der Waals surface area contributed by atoms with Crippen molar-refractivity contribution in [3.8, 4) is 0 Å². The van der Waals surface area contributed by atoms with Crippen molar-refractivity contribution in [3.05, 3.63) is 35.4 Å². The fourth-order valence-electron chi connectivity index (χ4n) is 4.66. The van der Waals surface area contributed by atoms with Gasteiger partial charge in [0.1, 0.15) is 30.3 Å². The van der Waals surface area contributed by atoms with Crippen molar-refractivity contribution in [1.82, 2.24) is 10.2 Å². The van der Waals surface area contributed by atoms with E-state index < -0.39 is 29.6 Å². The van der Waals surface area contributed by atoms with Gasteiger partial charge >= 0.3 is 0 Å². The Bertz CT molecular complexity index is 827. The van der Waals surface area contributed by atoms with E-state index in [-0.39, 0.29) is 41.8 Å². The van der Waals surface area contributed by atoms with Gasteiger partial charge in [0.05, 0.1) is 6.10 Å². The summed E-state index contributed by atoms with van der Waals surface area (Å²) in [5, 5.41) is 2.72. The third-order valence-corrected chi connectivity index (χ3v) is 6.33. The molecule has 0 unspecified atom stereocenters. The summed E-state index contributed by atoms with van der Waals surface area (Å²) in [4.78, 5) is 40.3. The number of Topliss-reactive ketones (excluding diaryl/α,β-unsaturated/α-hetero) is 1. The van der Waals surface area contributed by atoms with Crippen molar-refractivity contribution in [3.63, 3.8) is 0 Å². The number of carbonyl (C=O) groups excluding carboxylic acids is 3. The van der Waals surface area contributed by atoms with Crippen LogP contribution in [-0.2, 0) is 14.3 Å². The summed E-state index contributed by atoms with van der Waals surface area (Å²) in [6.07, 6.45) is 2.82. The summed E-state index contributed by atoms with van der Waals surface area (Å²) in [6, 6.07) is 1.03. The molecule has 0 bridgehead atoms. The van der Waals surface area contributed by atoms with E-state index in [4.69, 9.17) is 4.74 Å². The highest BCUT2D eigenvalue weighted by molar-refractivity contribution is 5.99. The summed E-state index contributed by atoms with van der Waals surface area (Å²) in [7, 11) is 0. The molecule has 1 aromatic rings. The van der Waals surface area contributed by atoms with Crippen LogP contribution in [0.15, 0.2) is 18.2 Å². The molecule has 0 radical (unpaired) electrons. The first-order valence-electron chi connectivity index (χ1n) is 11.0. The third kappa shape index (κ3) is 4.95. The summed E-state index contributed by atoms with van der Waals surface area (Å²) in [6.45, 7) is 6.26. The summed E-state index contributed by atoms with van der Waals surface area (Å²) < 4.78 is 32.8. The van der Waals surface area contributed by atoms with Crippen molar-refractivity contribution in [2.24, 2.45) is 11.8 Å². The highest BCUT2D eigenvalue weighted by Crippen LogP contribution is 2.33. The molecule has 2 amide bonds. The number of benzene rings is 1. The van der Waals surface area contributed by atoms with Crippen LogP contribution in [0.1, 0.15) is 56.8 Å². The number of fused-ring (bicyclic) bond motifs is 1. The molecular formula is C23H30F2N2O4. The molecule has 2 saturated heterocycles. The van der Waals surface area contributed by atoms with E-state index >= 15 is 0 Å². The van der Waals surface area contributed by atoms with Crippen LogP contribution in [0.2, 0.25) is 0 Å². The molecule has 31 heavy (non-hydrogen) atoms. The summed E-state index contributed by atoms with van der Waals surface area (Å²) >= 11 is 0. The molecule has 0 saturated carbocycles. The molecule has 8 heteroatoms. The quantitative estimate of drug-likeness (QED) is 0.680. The number of ether oxygens (including phenoxy) is 1. The fourth-order valence-corrected chi connectivity index (χ4v) is 4.66. The Kier molecular flexibility index (Phi) is 7.41. The zero-order valence-corrected chi connectivity index (χ0v) is 18.2. The summed E-state index contributed by atoms with van der Waals surface area (Å²) in [5.41, 5.74) is -0.186. The Labute approximate surface area is 181 Å². The van der Waals surface area contributed by atoms with Crippen LogP contribution in [0.3, 0.4) is 0 Å². The number of ketones is 1. The number of hydrogen-bond donors (Lipinski definition) is 1. The van der Waals surface area contributed by atoms with Crippen LogP contribution >= 0.6 is 0 Å². The Morgan fingerprint density at radius 3 is 2.52 bits per heavy atom. The molecule has 0 spiro atoms. The van der Waals surface area contributed by atoms with Gasteiger partial charge in [-0.15, -0.1) is 0 Å². The SMILES string of the molecule is CCCC[C@@H](CC)[C@H](NC(=O)c1cc(F)cc(F)c1)C(=O)N1C[C@H](C)[C@H]2OCC(=O)[C@H]21. The number of unbranched alkanes of at least 4 members (excludes halogenated alkanes) is 1. The lowest BCUT2D eigenvalue weighted by atomic mass is 9.89. The first-order valence-corrected chi connectivity index (χ1v) is 11.0. The number of nitrogens with one attached hydrogen (secondary N) is 1. The maximum Gasteiger partial charge on any atom is 0.252 e. The lowest BCUT2D eigenvalue weighted by Crippen LogP contribution is -2.55. The van der Waals surface area contributed by atoms with E-state index in [1.54, 1.807) is 0 Å². The number of likely N-dealkylation sites (tertiary alicyclic amines) is 1. The van der Waals surface area contributed by atoms with Gasteiger partial charge in [-0.3, -0.25) is 14.4 Å². The molecule has 1 N–H and O–H groups in total. The number of nitrogens with zero attached hydrogens (tertiary/aromatic N) is 1. The van der Waals surface area contributed by atoms with Gasteiger partial charge in [-0.1, -0.05) is 40.0 Å². The van der Waals surface area contributed by atoms with Crippen molar-refractivity contribution in [2.45, 2.75) is 64.6 Å². The van der Waals surface area contributed by atoms with Gasteiger partial charge in [-0.25, -0.2) is 8.78 Å². The molecule has 5 atom stereocenters. The molecule has 2 fully saturated rings. The van der Waals surface area contributed by atoms with E-state index in [9.17, 15) is 23.2 Å². The van der Waals surface area contributed by atoms with Gasteiger partial charge in [0, 0.05) is 24.1 Å². The first-order chi connectivity index (χ1) is 14.8. The van der Waals surface area contributed by atoms with E-state index in [1.165, 1.54) is 4.90 Å². The molecule has 170 valence electrons. The van der Waals surface area contributed by atoms with E-state index in [0.29, 0.717) is 25.5 Å². The third-order valence-electron chi connectivity index (χ3n) is 6.33. The molecular weight excluding hydrogens is 406 g/mol. The maximum absolute atomic E-state index is 13.6. The number of halogens is 2. The van der Waals surface area contributed by atoms with Gasteiger partial charge in [0.15, 0.2) is 5.78 Å². The Morgan fingerprint density at radius 2 is 1.90 bits per heavy atom. The minimum absolute atomic E-state index is 0.00443. The first kappa shape index (κ1) is 23.3. The minimum atomic E-state index is -0.894. The number of carbonyl (C=O) groups is 3. The highest BCUT2D eigenvalue weighted by atomic mass is 19.1. The van der Waals surface area contributed by atoms with Crippen molar-refractivity contribution >= 4 is 17.6 Å². The van der Waals surface area contributed by atoms with Crippen LogP contribution in [0.4, 0.5) is 8.78 Å². The second-order valence-electron chi connectivity index (χ2n) is 8.57. The van der Waals surface area contributed by atoms with E-state index in [2.05, 4.69) is 5.32 Å². The van der Waals surface area contributed by atoms with Gasteiger partial charge in [0.25, 0.3) is 5.91 Å². The molecule has 0 aliphatic carbocycles. The van der Waals surface area contributed by atoms with E-state index in [0.717, 1.165) is 25.0 Å². The lowest BCUT2D eigenvalue weighted by Gasteiger charge is -2.32. The molecule has 2 heterocycles. The second kappa shape index (κ2) is 9.85. The average molecular weight is 436 g/mol. The maximum atomic E-state index is 13.6. The van der Waals surface area contributed by atoms with Crippen molar-refractivity contribution < 1.29 is 27.9 Å². The normalized spacial score (nSPS) is 24.7. The van der Waals surface area contributed by atoms with Crippen LogP contribution in [-0.4, -0.2) is 53.8 Å². The van der Waals surface area contributed by atoms with Crippen molar-refractivity contribution in [2.75, 3.05) is 13.2 Å². The molecule has 2 aliphatic heterocycles. The predicted octanol–water partition coefficient (Wildman–Crippen LogP) is 3.09. The smallest absolute Gasteiger partial charge is 0.252 e. The number of rotatable bonds is 8. The number of hydrogen-bond acceptors (Lipinski definition) is 4. The van der Waals surface area contributed by atoms with Crippen molar-refractivity contribution in [1.29, 1.82) is 0 Å². The predicted molar refractivity (Wildman–Crippen MR) is 110 cm³/mol. The van der Waals surface area contributed by atoms with Gasteiger partial charge in [-0.05, 0) is 24.5 Å². The molecule has 3 rings (SSSR count). The van der Waals surface area contributed by atoms with Gasteiger partial charge in [0.2, 0.25) is 5.91 Å². The topological polar surface area (TPSA) is 75.7 Å². The second-order valence-corrected chi connectivity index (χ2v) is 8.57. The molecule has 0 aromatic heterocycles. The largest absolute Gasteiger partial charge is 0.367 e. The minimum Gasteiger partial charge on any atom is -0.367 e. The zero-order chi connectivity index (χ0) is 22.7. The Morgan fingerprint density at radius 1 is 1.23 bits per heavy atom. The number of amides is 2. The standard InChI is InChI=1S/C23H30F2N2O4/c1-4-6-7-14(5-2)19(26-22(29)15-8-16(24)10-17(25)9-15)23(30)27-11-13(3)21-20(27)18(28)12-31-21/h8-10,13-14,19-21H,4-7,11-12H2,1-3H3,(H,26,29)/t13-,14+,19-,20+,21+/m0/s1. The molecule has 1 aromatic carbocycles. The Balaban J connectivity index is 1.87. The van der Waals surface area contributed by atoms with E-state index in [1.807, 2.05) is 20.8 Å². The summed E-state index contributed by atoms with van der Waals surface area (Å²) in [5.74, 6) is -3.09. The monoisotopic (exact) mass is 436 g/mol. The average Bonchev–Trinajstić information content (AvgIpc) is 3.27.